The van der Waals surface area contributed by atoms with Crippen molar-refractivity contribution in [1.82, 2.24) is 0 Å². The van der Waals surface area contributed by atoms with Gasteiger partial charge >= 0.3 is 7.60 Å². The lowest BCUT2D eigenvalue weighted by Crippen LogP contribution is -2.05. The second kappa shape index (κ2) is 4.61. The van der Waals surface area contributed by atoms with Gasteiger partial charge in [-0.25, -0.2) is 0 Å². The third kappa shape index (κ3) is 3.35. The summed E-state index contributed by atoms with van der Waals surface area (Å²) in [6.07, 6.45) is 1.75. The molecule has 2 atom stereocenters. The van der Waals surface area contributed by atoms with Crippen molar-refractivity contribution < 1.29 is 14.0 Å². The Morgan fingerprint density at radius 3 is 2.58 bits per heavy atom. The Bertz CT molecular complexity index is 222. The van der Waals surface area contributed by atoms with E-state index in [0.29, 0.717) is 6.42 Å². The van der Waals surface area contributed by atoms with E-state index in [4.69, 9.17) is 4.52 Å². The summed E-state index contributed by atoms with van der Waals surface area (Å²) in [5, 5.41) is 0.155. The molecule has 0 rings (SSSR count). The van der Waals surface area contributed by atoms with Crippen molar-refractivity contribution in [2.24, 2.45) is 0 Å². The number of hydrogen-bond donors (Lipinski definition) is 1. The van der Waals surface area contributed by atoms with E-state index in [9.17, 15) is 9.46 Å². The normalized spacial score (nSPS) is 17.9. The van der Waals surface area contributed by atoms with Crippen LogP contribution in [-0.2, 0) is 9.09 Å². The van der Waals surface area contributed by atoms with Crippen LogP contribution in [0.3, 0.4) is 0 Å². The molecule has 2 unspecified atom stereocenters. The molecule has 0 aromatic carbocycles. The van der Waals surface area contributed by atoms with Crippen LogP contribution in [0.15, 0.2) is 24.5 Å². The van der Waals surface area contributed by atoms with E-state index in [2.05, 4.69) is 13.2 Å². The predicted octanol–water partition coefficient (Wildman–Crippen LogP) is 2.69. The summed E-state index contributed by atoms with van der Waals surface area (Å²) in [4.78, 5) is 9.21. The standard InChI is InChI=1S/C8H15O3P/c1-5-8(6-2)11-12(9,10)7(3)4/h5,8H,1,3,6H2,2,4H3,(H,9,10). The molecule has 4 heteroatoms. The summed E-state index contributed by atoms with van der Waals surface area (Å²) >= 11 is 0. The summed E-state index contributed by atoms with van der Waals surface area (Å²) < 4.78 is 16.1. The summed E-state index contributed by atoms with van der Waals surface area (Å²) in [5.41, 5.74) is 0. The molecule has 0 aromatic heterocycles. The van der Waals surface area contributed by atoms with Crippen LogP contribution in [-0.4, -0.2) is 11.0 Å². The molecule has 1 N–H and O–H groups in total. The van der Waals surface area contributed by atoms with Crippen LogP contribution in [0, 0.1) is 0 Å². The summed E-state index contributed by atoms with van der Waals surface area (Å²) in [7, 11) is -3.62. The molecule has 0 saturated carbocycles. The highest BCUT2D eigenvalue weighted by molar-refractivity contribution is 7.57. The molecule has 0 spiro atoms. The Hall–Kier alpha value is -0.370. The zero-order valence-corrected chi connectivity index (χ0v) is 8.38. The Morgan fingerprint density at radius 1 is 1.83 bits per heavy atom. The van der Waals surface area contributed by atoms with Gasteiger partial charge in [0, 0.05) is 5.31 Å². The second-order valence-corrected chi connectivity index (χ2v) is 4.56. The first kappa shape index (κ1) is 11.6. The molecule has 0 radical (unpaired) electrons. The van der Waals surface area contributed by atoms with Crippen molar-refractivity contribution in [3.05, 3.63) is 24.5 Å². The molecule has 0 aliphatic rings. The van der Waals surface area contributed by atoms with Gasteiger partial charge in [-0.2, -0.15) is 0 Å². The van der Waals surface area contributed by atoms with Crippen LogP contribution in [0.25, 0.3) is 0 Å². The maximum Gasteiger partial charge on any atom is 0.354 e. The molecular formula is C8H15O3P. The van der Waals surface area contributed by atoms with Gasteiger partial charge in [-0.15, -0.1) is 6.58 Å². The first-order valence-corrected chi connectivity index (χ1v) is 5.31. The maximum atomic E-state index is 11.2. The third-order valence-corrected chi connectivity index (χ3v) is 2.95. The molecular weight excluding hydrogens is 175 g/mol. The number of allylic oxidation sites excluding steroid dienone is 1. The van der Waals surface area contributed by atoms with Crippen LogP contribution in [0.1, 0.15) is 20.3 Å². The molecule has 70 valence electrons. The summed E-state index contributed by atoms with van der Waals surface area (Å²) in [6, 6.07) is 0. The molecule has 0 heterocycles. The van der Waals surface area contributed by atoms with E-state index >= 15 is 0 Å². The van der Waals surface area contributed by atoms with Gasteiger partial charge in [0.25, 0.3) is 0 Å². The summed E-state index contributed by atoms with van der Waals surface area (Å²) in [6.45, 7) is 10.2. The van der Waals surface area contributed by atoms with Crippen LogP contribution in [0.5, 0.6) is 0 Å². The van der Waals surface area contributed by atoms with Gasteiger partial charge in [-0.3, -0.25) is 9.09 Å². The topological polar surface area (TPSA) is 46.5 Å². The highest BCUT2D eigenvalue weighted by Gasteiger charge is 2.23. The largest absolute Gasteiger partial charge is 0.354 e. The minimum absolute atomic E-state index is 0.155. The van der Waals surface area contributed by atoms with Gasteiger partial charge < -0.3 is 4.89 Å². The van der Waals surface area contributed by atoms with Gasteiger partial charge in [0.1, 0.15) is 0 Å². The summed E-state index contributed by atoms with van der Waals surface area (Å²) in [5.74, 6) is 0. The maximum absolute atomic E-state index is 11.2. The first-order chi connectivity index (χ1) is 5.44. The number of hydrogen-bond acceptors (Lipinski definition) is 2. The van der Waals surface area contributed by atoms with Crippen molar-refractivity contribution >= 4 is 7.60 Å². The fourth-order valence-corrected chi connectivity index (χ4v) is 1.34. The van der Waals surface area contributed by atoms with Gasteiger partial charge in [0.15, 0.2) is 0 Å². The third-order valence-electron chi connectivity index (χ3n) is 1.43. The van der Waals surface area contributed by atoms with Crippen LogP contribution in [0.2, 0.25) is 0 Å². The molecule has 0 saturated heterocycles. The van der Waals surface area contributed by atoms with Crippen LogP contribution < -0.4 is 0 Å². The van der Waals surface area contributed by atoms with Crippen molar-refractivity contribution in [2.45, 2.75) is 26.4 Å². The minimum Gasteiger partial charge on any atom is -0.321 e. The van der Waals surface area contributed by atoms with Crippen LogP contribution in [0.4, 0.5) is 0 Å². The van der Waals surface area contributed by atoms with E-state index in [1.807, 2.05) is 6.92 Å². The van der Waals surface area contributed by atoms with E-state index in [-0.39, 0.29) is 11.4 Å². The van der Waals surface area contributed by atoms with E-state index in [0.717, 1.165) is 0 Å². The van der Waals surface area contributed by atoms with Crippen molar-refractivity contribution in [1.29, 1.82) is 0 Å². The van der Waals surface area contributed by atoms with Crippen molar-refractivity contribution in [2.75, 3.05) is 0 Å². The Balaban J connectivity index is 4.32. The van der Waals surface area contributed by atoms with Gasteiger partial charge in [-0.1, -0.05) is 19.6 Å². The van der Waals surface area contributed by atoms with Gasteiger partial charge in [0.2, 0.25) is 0 Å². The van der Waals surface area contributed by atoms with Crippen molar-refractivity contribution in [3.8, 4) is 0 Å². The molecule has 3 nitrogen and oxygen atoms in total. The van der Waals surface area contributed by atoms with Gasteiger partial charge in [0.05, 0.1) is 6.10 Å². The molecule has 12 heavy (non-hydrogen) atoms. The van der Waals surface area contributed by atoms with Crippen LogP contribution >= 0.6 is 7.60 Å². The minimum atomic E-state index is -3.62. The van der Waals surface area contributed by atoms with Gasteiger partial charge in [-0.05, 0) is 13.3 Å². The lowest BCUT2D eigenvalue weighted by atomic mass is 10.3. The fourth-order valence-electron chi connectivity index (χ4n) is 0.558. The zero-order valence-electron chi connectivity index (χ0n) is 7.49. The molecule has 0 fully saturated rings. The molecule has 0 aromatic rings. The zero-order chi connectivity index (χ0) is 9.78. The Morgan fingerprint density at radius 2 is 2.33 bits per heavy atom. The van der Waals surface area contributed by atoms with E-state index < -0.39 is 7.60 Å². The molecule has 0 aliphatic heterocycles. The number of rotatable bonds is 5. The highest BCUT2D eigenvalue weighted by atomic mass is 31.2. The van der Waals surface area contributed by atoms with E-state index in [1.54, 1.807) is 0 Å². The lowest BCUT2D eigenvalue weighted by molar-refractivity contribution is 0.212. The first-order valence-electron chi connectivity index (χ1n) is 3.73. The average Bonchev–Trinajstić information content (AvgIpc) is 2.00. The second-order valence-electron chi connectivity index (χ2n) is 2.54. The molecule has 0 bridgehead atoms. The van der Waals surface area contributed by atoms with E-state index in [1.165, 1.54) is 13.0 Å². The Labute approximate surface area is 73.3 Å². The fraction of sp³-hybridized carbons (Fsp3) is 0.500. The molecule has 0 aliphatic carbocycles. The van der Waals surface area contributed by atoms with Crippen molar-refractivity contribution in [3.63, 3.8) is 0 Å². The molecule has 0 amide bonds. The smallest absolute Gasteiger partial charge is 0.321 e. The SMILES string of the molecule is C=CC(CC)OP(=O)(O)C(=C)C. The average molecular weight is 190 g/mol. The lowest BCUT2D eigenvalue weighted by Gasteiger charge is -2.16. The highest BCUT2D eigenvalue weighted by Crippen LogP contribution is 2.50. The Kier molecular flexibility index (Phi) is 4.46. The predicted molar refractivity (Wildman–Crippen MR) is 50.0 cm³/mol. The quantitative estimate of drug-likeness (QED) is 0.535. The monoisotopic (exact) mass is 190 g/mol.